The Labute approximate surface area is 236 Å². The zero-order valence-electron chi connectivity index (χ0n) is 20.3. The summed E-state index contributed by atoms with van der Waals surface area (Å²) < 4.78 is 122. The van der Waals surface area contributed by atoms with Gasteiger partial charge in [0, 0.05) is 19.5 Å². The van der Waals surface area contributed by atoms with Crippen LogP contribution in [0.4, 0.5) is 39.5 Å². The molecular weight excluding hydrogens is 626 g/mol. The third-order valence-electron chi connectivity index (χ3n) is 5.27. The molecule has 0 fully saturated rings. The number of carbonyl (C=O) groups is 2. The molecular formula is C24H18Cl3F9N2O2. The number of allylic oxidation sites excluding steroid dienone is 1. The van der Waals surface area contributed by atoms with Crippen LogP contribution in [0.5, 0.6) is 0 Å². The fraction of sp³-hybridized carbons (Fsp3) is 0.333. The summed E-state index contributed by atoms with van der Waals surface area (Å²) in [5, 5.41) is 0.839. The molecule has 2 aromatic carbocycles. The molecule has 2 rings (SSSR count). The molecule has 2 amide bonds. The first-order chi connectivity index (χ1) is 18.1. The van der Waals surface area contributed by atoms with Crippen molar-refractivity contribution in [3.63, 3.8) is 0 Å². The molecule has 0 bridgehead atoms. The number of hydrogen-bond acceptors (Lipinski definition) is 2. The fourth-order valence-electron chi connectivity index (χ4n) is 3.39. The van der Waals surface area contributed by atoms with Crippen molar-refractivity contribution in [2.45, 2.75) is 31.1 Å². The highest BCUT2D eigenvalue weighted by molar-refractivity contribution is 6.48. The average molecular weight is 644 g/mol. The Hall–Kier alpha value is -2.64. The van der Waals surface area contributed by atoms with Gasteiger partial charge in [-0.05, 0) is 35.9 Å². The molecule has 4 nitrogen and oxygen atoms in total. The van der Waals surface area contributed by atoms with E-state index in [-0.39, 0.29) is 26.7 Å². The van der Waals surface area contributed by atoms with Gasteiger partial charge in [0.15, 0.2) is 0 Å². The summed E-state index contributed by atoms with van der Waals surface area (Å²) >= 11 is 17.5. The fourth-order valence-corrected chi connectivity index (χ4v) is 4.01. The van der Waals surface area contributed by atoms with Crippen LogP contribution in [0.25, 0.3) is 5.83 Å². The highest BCUT2D eigenvalue weighted by atomic mass is 35.5. The maximum atomic E-state index is 15.1. The molecule has 220 valence electrons. The molecule has 40 heavy (non-hydrogen) atoms. The van der Waals surface area contributed by atoms with Gasteiger partial charge in [-0.3, -0.25) is 9.59 Å². The van der Waals surface area contributed by atoms with Gasteiger partial charge in [0.1, 0.15) is 12.4 Å². The maximum Gasteiger partial charge on any atom is 0.417 e. The average Bonchev–Trinajstić information content (AvgIpc) is 2.81. The van der Waals surface area contributed by atoms with Gasteiger partial charge in [0.05, 0.1) is 38.7 Å². The van der Waals surface area contributed by atoms with Gasteiger partial charge in [0.25, 0.3) is 11.8 Å². The Bertz CT molecular complexity index is 1280. The molecule has 1 atom stereocenters. The minimum Gasteiger partial charge on any atom is -0.345 e. The van der Waals surface area contributed by atoms with Crippen LogP contribution in [-0.4, -0.2) is 49.0 Å². The molecule has 1 unspecified atom stereocenters. The molecule has 0 saturated carbocycles. The summed E-state index contributed by atoms with van der Waals surface area (Å²) in [6, 6.07) is 3.44. The molecule has 0 aliphatic heterocycles. The highest BCUT2D eigenvalue weighted by Gasteiger charge is 2.38. The first-order valence-corrected chi connectivity index (χ1v) is 11.9. The van der Waals surface area contributed by atoms with Crippen LogP contribution in [0.1, 0.15) is 39.9 Å². The van der Waals surface area contributed by atoms with Crippen molar-refractivity contribution in [1.29, 1.82) is 0 Å². The first-order valence-electron chi connectivity index (χ1n) is 10.8. The minimum atomic E-state index is -5.26. The smallest absolute Gasteiger partial charge is 0.345 e. The second-order valence-corrected chi connectivity index (χ2v) is 9.75. The topological polar surface area (TPSA) is 49.4 Å². The van der Waals surface area contributed by atoms with Gasteiger partial charge >= 0.3 is 12.4 Å². The second-order valence-electron chi connectivity index (χ2n) is 8.56. The lowest BCUT2D eigenvalue weighted by Gasteiger charge is -2.22. The number of likely N-dealkylation sites (N-methyl/N-ethyl adjacent to an activating group) is 1. The Morgan fingerprint density at radius 2 is 1.52 bits per heavy atom. The molecule has 2 aromatic rings. The first kappa shape index (κ1) is 33.6. The van der Waals surface area contributed by atoms with E-state index in [9.17, 15) is 44.7 Å². The number of benzene rings is 2. The van der Waals surface area contributed by atoms with Crippen molar-refractivity contribution < 1.29 is 49.1 Å². The SMILES string of the molecule is CN(CC(=O)NCC(F)(F)F)C(=O)c1ccc(/C(F)=C/C(c2cc(Cl)c(Cl)c(Cl)c2)C(C)(F)F)cc1C(F)(F)F. The van der Waals surface area contributed by atoms with Gasteiger partial charge in [-0.1, -0.05) is 40.9 Å². The molecule has 0 aliphatic rings. The van der Waals surface area contributed by atoms with Gasteiger partial charge in [-0.25, -0.2) is 13.2 Å². The van der Waals surface area contributed by atoms with E-state index in [1.165, 1.54) is 5.32 Å². The van der Waals surface area contributed by atoms with Crippen LogP contribution in [-0.2, 0) is 11.0 Å². The van der Waals surface area contributed by atoms with Crippen molar-refractivity contribution in [3.05, 3.63) is 73.7 Å². The standard InChI is InChI=1S/C24H18Cl3F9N2O2/c1-22(29,30)14(12-6-16(25)20(27)17(26)7-12)8-18(28)11-3-4-13(15(5-11)24(34,35)36)21(40)38(2)9-19(39)37-10-23(31,32)33/h3-8,14H,9-10H2,1-2H3,(H,37,39)/b18-8-. The summed E-state index contributed by atoms with van der Waals surface area (Å²) in [6.45, 7) is -2.32. The van der Waals surface area contributed by atoms with Crippen molar-refractivity contribution in [2.75, 3.05) is 20.1 Å². The maximum absolute atomic E-state index is 15.1. The summed E-state index contributed by atoms with van der Waals surface area (Å²) in [4.78, 5) is 24.7. The largest absolute Gasteiger partial charge is 0.417 e. The molecule has 0 aliphatic carbocycles. The van der Waals surface area contributed by atoms with Gasteiger partial charge in [0.2, 0.25) is 5.91 Å². The van der Waals surface area contributed by atoms with E-state index in [4.69, 9.17) is 34.8 Å². The summed E-state index contributed by atoms with van der Waals surface area (Å²) in [6.07, 6.45) is -9.67. The van der Waals surface area contributed by atoms with E-state index in [0.717, 1.165) is 19.2 Å². The number of rotatable bonds is 8. The summed E-state index contributed by atoms with van der Waals surface area (Å²) in [7, 11) is 0.861. The number of hydrogen-bond donors (Lipinski definition) is 1. The van der Waals surface area contributed by atoms with E-state index in [2.05, 4.69) is 0 Å². The van der Waals surface area contributed by atoms with Crippen molar-refractivity contribution in [3.8, 4) is 0 Å². The Kier molecular flexibility index (Phi) is 10.5. The summed E-state index contributed by atoms with van der Waals surface area (Å²) in [5.41, 5.74) is -3.87. The van der Waals surface area contributed by atoms with E-state index < -0.39 is 71.6 Å². The van der Waals surface area contributed by atoms with Crippen LogP contribution >= 0.6 is 34.8 Å². The Morgan fingerprint density at radius 3 is 2.00 bits per heavy atom. The van der Waals surface area contributed by atoms with Crippen LogP contribution in [0, 0.1) is 0 Å². The predicted octanol–water partition coefficient (Wildman–Crippen LogP) is 8.17. The molecule has 16 heteroatoms. The zero-order chi connectivity index (χ0) is 30.8. The molecule has 0 saturated heterocycles. The third-order valence-corrected chi connectivity index (χ3v) is 6.47. The molecule has 0 aromatic heterocycles. The van der Waals surface area contributed by atoms with Crippen LogP contribution < -0.4 is 5.32 Å². The van der Waals surface area contributed by atoms with Gasteiger partial charge < -0.3 is 10.2 Å². The van der Waals surface area contributed by atoms with E-state index in [0.29, 0.717) is 30.0 Å². The number of alkyl halides is 8. The van der Waals surface area contributed by atoms with E-state index in [1.807, 2.05) is 0 Å². The zero-order valence-corrected chi connectivity index (χ0v) is 22.5. The van der Waals surface area contributed by atoms with Gasteiger partial charge in [-0.2, -0.15) is 26.3 Å². The van der Waals surface area contributed by atoms with Gasteiger partial charge in [-0.15, -0.1) is 0 Å². The molecule has 0 spiro atoms. The quantitative estimate of drug-likeness (QED) is 0.233. The highest BCUT2D eigenvalue weighted by Crippen LogP contribution is 2.42. The summed E-state index contributed by atoms with van der Waals surface area (Å²) in [5.74, 6) is -9.96. The van der Waals surface area contributed by atoms with Crippen LogP contribution in [0.2, 0.25) is 15.1 Å². The Morgan fingerprint density at radius 1 is 0.975 bits per heavy atom. The second kappa shape index (κ2) is 12.5. The third kappa shape index (κ3) is 8.93. The lowest BCUT2D eigenvalue weighted by molar-refractivity contribution is -0.139. The monoisotopic (exact) mass is 642 g/mol. The normalized spacial score (nSPS) is 13.7. The number of nitrogens with zero attached hydrogens (tertiary/aromatic N) is 1. The van der Waals surface area contributed by atoms with Crippen molar-refractivity contribution in [1.82, 2.24) is 10.2 Å². The van der Waals surface area contributed by atoms with Crippen LogP contribution in [0.15, 0.2) is 36.4 Å². The lowest BCUT2D eigenvalue weighted by Crippen LogP contribution is -2.42. The molecule has 0 heterocycles. The van der Waals surface area contributed by atoms with E-state index >= 15 is 4.39 Å². The number of nitrogens with one attached hydrogen (secondary N) is 1. The number of halogens is 12. The minimum absolute atomic E-state index is 0.160. The Balaban J connectivity index is 2.47. The van der Waals surface area contributed by atoms with Crippen molar-refractivity contribution in [2.24, 2.45) is 0 Å². The number of carbonyl (C=O) groups excluding carboxylic acids is 2. The number of amides is 2. The molecule has 1 N–H and O–H groups in total. The lowest BCUT2D eigenvalue weighted by atomic mass is 9.91. The van der Waals surface area contributed by atoms with Crippen LogP contribution in [0.3, 0.4) is 0 Å². The predicted molar refractivity (Wildman–Crippen MR) is 131 cm³/mol. The van der Waals surface area contributed by atoms with E-state index in [1.54, 1.807) is 0 Å². The van der Waals surface area contributed by atoms with Crippen molar-refractivity contribution >= 4 is 52.4 Å². The molecule has 0 radical (unpaired) electrons.